The van der Waals surface area contributed by atoms with E-state index in [1.165, 1.54) is 25.2 Å². The van der Waals surface area contributed by atoms with Crippen LogP contribution in [0.25, 0.3) is 0 Å². The van der Waals surface area contributed by atoms with E-state index in [2.05, 4.69) is 0 Å². The first-order valence-electron chi connectivity index (χ1n) is 7.87. The Balaban J connectivity index is 2.00. The Hall–Kier alpha value is -2.57. The standard InChI is InChI=1S/C19H18ClNO5/c1-21-15-7-4-11(20)8-14(15)19(24,18(21)23)10-16(22)13-6-5-12(25-2)9-17(13)26-3/h4-9,24H,10H2,1-3H3/t19-/m0/s1. The summed E-state index contributed by atoms with van der Waals surface area (Å²) in [6.45, 7) is 0. The highest BCUT2D eigenvalue weighted by Gasteiger charge is 2.50. The highest BCUT2D eigenvalue weighted by molar-refractivity contribution is 6.31. The lowest BCUT2D eigenvalue weighted by Crippen LogP contribution is -2.40. The van der Waals surface area contributed by atoms with Gasteiger partial charge in [-0.2, -0.15) is 0 Å². The number of methoxy groups -OCH3 is 2. The van der Waals surface area contributed by atoms with Gasteiger partial charge in [0.15, 0.2) is 11.4 Å². The van der Waals surface area contributed by atoms with E-state index in [1.807, 2.05) is 0 Å². The van der Waals surface area contributed by atoms with Gasteiger partial charge in [-0.1, -0.05) is 11.6 Å². The van der Waals surface area contributed by atoms with Crippen LogP contribution >= 0.6 is 11.6 Å². The number of ether oxygens (including phenoxy) is 2. The lowest BCUT2D eigenvalue weighted by atomic mass is 9.88. The third kappa shape index (κ3) is 2.81. The number of aliphatic hydroxyl groups is 1. The zero-order chi connectivity index (χ0) is 19.1. The van der Waals surface area contributed by atoms with Crippen LogP contribution < -0.4 is 14.4 Å². The molecule has 7 heteroatoms. The van der Waals surface area contributed by atoms with Gasteiger partial charge in [0.1, 0.15) is 11.5 Å². The van der Waals surface area contributed by atoms with Crippen LogP contribution in [0.1, 0.15) is 22.3 Å². The Morgan fingerprint density at radius 1 is 1.19 bits per heavy atom. The number of amides is 1. The van der Waals surface area contributed by atoms with Crippen LogP contribution in [-0.4, -0.2) is 38.1 Å². The Morgan fingerprint density at radius 3 is 2.58 bits per heavy atom. The summed E-state index contributed by atoms with van der Waals surface area (Å²) < 4.78 is 10.4. The van der Waals surface area contributed by atoms with E-state index in [0.29, 0.717) is 27.8 Å². The van der Waals surface area contributed by atoms with E-state index in [-0.39, 0.29) is 5.56 Å². The summed E-state index contributed by atoms with van der Waals surface area (Å²) in [6, 6.07) is 9.52. The number of ketones is 1. The third-order valence-electron chi connectivity index (χ3n) is 4.55. The van der Waals surface area contributed by atoms with Gasteiger partial charge in [-0.25, -0.2) is 0 Å². The van der Waals surface area contributed by atoms with Crippen molar-refractivity contribution in [3.05, 3.63) is 52.5 Å². The van der Waals surface area contributed by atoms with E-state index in [9.17, 15) is 14.7 Å². The van der Waals surface area contributed by atoms with Crippen molar-refractivity contribution in [1.82, 2.24) is 0 Å². The number of fused-ring (bicyclic) bond motifs is 1. The maximum Gasteiger partial charge on any atom is 0.263 e. The Labute approximate surface area is 155 Å². The van der Waals surface area contributed by atoms with Gasteiger partial charge in [0, 0.05) is 23.7 Å². The predicted molar refractivity (Wildman–Crippen MR) is 97.3 cm³/mol. The van der Waals surface area contributed by atoms with Crippen molar-refractivity contribution in [3.8, 4) is 11.5 Å². The molecule has 0 saturated heterocycles. The molecule has 1 N–H and O–H groups in total. The first kappa shape index (κ1) is 18.2. The van der Waals surface area contributed by atoms with Gasteiger partial charge in [-0.05, 0) is 30.3 Å². The maximum atomic E-state index is 12.8. The number of anilines is 1. The zero-order valence-electron chi connectivity index (χ0n) is 14.6. The monoisotopic (exact) mass is 375 g/mol. The number of halogens is 1. The molecule has 136 valence electrons. The summed E-state index contributed by atoms with van der Waals surface area (Å²) in [6.07, 6.45) is -0.424. The summed E-state index contributed by atoms with van der Waals surface area (Å²) >= 11 is 6.02. The fraction of sp³-hybridized carbons (Fsp3) is 0.263. The molecule has 0 spiro atoms. The molecule has 26 heavy (non-hydrogen) atoms. The Morgan fingerprint density at radius 2 is 1.92 bits per heavy atom. The molecule has 0 aromatic heterocycles. The third-order valence-corrected chi connectivity index (χ3v) is 4.78. The summed E-state index contributed by atoms with van der Waals surface area (Å²) in [5, 5.41) is 11.4. The molecule has 0 fully saturated rings. The van der Waals surface area contributed by atoms with Gasteiger partial charge in [0.25, 0.3) is 5.91 Å². The molecule has 0 saturated carbocycles. The van der Waals surface area contributed by atoms with E-state index in [4.69, 9.17) is 21.1 Å². The normalized spacial score (nSPS) is 18.7. The second-order valence-electron chi connectivity index (χ2n) is 6.05. The number of nitrogens with zero attached hydrogens (tertiary/aromatic N) is 1. The average Bonchev–Trinajstić information content (AvgIpc) is 2.82. The summed E-state index contributed by atoms with van der Waals surface area (Å²) in [4.78, 5) is 26.8. The van der Waals surface area contributed by atoms with E-state index in [1.54, 1.807) is 37.4 Å². The lowest BCUT2D eigenvalue weighted by molar-refractivity contribution is -0.135. The van der Waals surface area contributed by atoms with Crippen molar-refractivity contribution in [1.29, 1.82) is 0 Å². The number of Topliss-reactive ketones (excluding diaryl/α,β-unsaturated/α-hetero) is 1. The largest absolute Gasteiger partial charge is 0.497 e. The minimum atomic E-state index is -1.98. The van der Waals surface area contributed by atoms with Crippen LogP contribution in [0.4, 0.5) is 5.69 Å². The fourth-order valence-corrected chi connectivity index (χ4v) is 3.33. The molecule has 3 rings (SSSR count). The van der Waals surface area contributed by atoms with Crippen molar-refractivity contribution >= 4 is 29.0 Å². The highest BCUT2D eigenvalue weighted by atomic mass is 35.5. The first-order chi connectivity index (χ1) is 12.3. The highest BCUT2D eigenvalue weighted by Crippen LogP contribution is 2.43. The Kier molecular flexibility index (Phi) is 4.64. The van der Waals surface area contributed by atoms with Gasteiger partial charge < -0.3 is 19.5 Å². The second-order valence-corrected chi connectivity index (χ2v) is 6.49. The van der Waals surface area contributed by atoms with Gasteiger partial charge in [-0.15, -0.1) is 0 Å². The molecule has 0 unspecified atom stereocenters. The zero-order valence-corrected chi connectivity index (χ0v) is 15.3. The predicted octanol–water partition coefficient (Wildman–Crippen LogP) is 2.79. The van der Waals surface area contributed by atoms with E-state index in [0.717, 1.165) is 0 Å². The van der Waals surface area contributed by atoms with Gasteiger partial charge in [-0.3, -0.25) is 9.59 Å². The molecular formula is C19H18ClNO5. The van der Waals surface area contributed by atoms with E-state index < -0.39 is 23.7 Å². The Bertz CT molecular complexity index is 897. The number of rotatable bonds is 5. The van der Waals surface area contributed by atoms with Crippen molar-refractivity contribution in [2.75, 3.05) is 26.2 Å². The maximum absolute atomic E-state index is 12.8. The molecular weight excluding hydrogens is 358 g/mol. The topological polar surface area (TPSA) is 76.1 Å². The number of carbonyl (C=O) groups is 2. The molecule has 1 amide bonds. The lowest BCUT2D eigenvalue weighted by Gasteiger charge is -2.21. The minimum absolute atomic E-state index is 0.257. The first-order valence-corrected chi connectivity index (χ1v) is 8.25. The van der Waals surface area contributed by atoms with Crippen molar-refractivity contribution in [2.45, 2.75) is 12.0 Å². The number of carbonyl (C=O) groups excluding carboxylic acids is 2. The smallest absolute Gasteiger partial charge is 0.263 e. The molecule has 6 nitrogen and oxygen atoms in total. The van der Waals surface area contributed by atoms with Gasteiger partial charge in [0.05, 0.1) is 31.9 Å². The number of likely N-dealkylation sites (N-methyl/N-ethyl adjacent to an activating group) is 1. The van der Waals surface area contributed by atoms with E-state index >= 15 is 0 Å². The number of hydrogen-bond donors (Lipinski definition) is 1. The molecule has 1 atom stereocenters. The number of hydrogen-bond acceptors (Lipinski definition) is 5. The molecule has 1 aliphatic heterocycles. The molecule has 2 aromatic carbocycles. The molecule has 0 bridgehead atoms. The van der Waals surface area contributed by atoms with Crippen molar-refractivity contribution in [3.63, 3.8) is 0 Å². The fourth-order valence-electron chi connectivity index (χ4n) is 3.16. The van der Waals surface area contributed by atoms with Crippen LogP contribution in [0.3, 0.4) is 0 Å². The van der Waals surface area contributed by atoms with Crippen molar-refractivity contribution < 1.29 is 24.2 Å². The van der Waals surface area contributed by atoms with Crippen LogP contribution in [0.15, 0.2) is 36.4 Å². The molecule has 2 aromatic rings. The van der Waals surface area contributed by atoms with Crippen molar-refractivity contribution in [2.24, 2.45) is 0 Å². The average molecular weight is 376 g/mol. The molecule has 0 aliphatic carbocycles. The molecule has 0 radical (unpaired) electrons. The van der Waals surface area contributed by atoms with Crippen LogP contribution in [0, 0.1) is 0 Å². The molecule has 1 aliphatic rings. The van der Waals surface area contributed by atoms with Gasteiger partial charge >= 0.3 is 0 Å². The molecule has 1 heterocycles. The SMILES string of the molecule is COc1ccc(C(=O)C[C@@]2(O)C(=O)N(C)c3ccc(Cl)cc32)c(OC)c1. The van der Waals surface area contributed by atoms with Crippen LogP contribution in [-0.2, 0) is 10.4 Å². The quantitative estimate of drug-likeness (QED) is 0.813. The summed E-state index contributed by atoms with van der Waals surface area (Å²) in [5.74, 6) is -0.161. The second kappa shape index (κ2) is 6.63. The summed E-state index contributed by atoms with van der Waals surface area (Å²) in [5.41, 5.74) is -0.876. The van der Waals surface area contributed by atoms with Crippen LogP contribution in [0.5, 0.6) is 11.5 Å². The van der Waals surface area contributed by atoms with Crippen LogP contribution in [0.2, 0.25) is 5.02 Å². The number of benzene rings is 2. The summed E-state index contributed by atoms with van der Waals surface area (Å²) in [7, 11) is 4.49. The minimum Gasteiger partial charge on any atom is -0.497 e. The van der Waals surface area contributed by atoms with Gasteiger partial charge in [0.2, 0.25) is 0 Å².